The van der Waals surface area contributed by atoms with Gasteiger partial charge in [-0.1, -0.05) is 0 Å². The summed E-state index contributed by atoms with van der Waals surface area (Å²) in [7, 11) is 1.82. The van der Waals surface area contributed by atoms with E-state index in [1.54, 1.807) is 0 Å². The van der Waals surface area contributed by atoms with E-state index in [1.165, 1.54) is 0 Å². The molecule has 0 aliphatic heterocycles. The average molecular weight is 250 g/mol. The van der Waals surface area contributed by atoms with Crippen LogP contribution in [0.1, 0.15) is 31.2 Å². The molecule has 1 aromatic heterocycles. The molecule has 0 unspecified atom stereocenters. The molecule has 0 aromatic carbocycles. The SMILES string of the molecule is CNc1ncc(C)c(NCC2CCC(O)CC2)n1. The van der Waals surface area contributed by atoms with Crippen molar-refractivity contribution in [2.24, 2.45) is 5.92 Å². The quantitative estimate of drug-likeness (QED) is 0.760. The van der Waals surface area contributed by atoms with E-state index in [1.807, 2.05) is 20.2 Å². The van der Waals surface area contributed by atoms with Gasteiger partial charge >= 0.3 is 0 Å². The van der Waals surface area contributed by atoms with Crippen molar-refractivity contribution in [3.05, 3.63) is 11.8 Å². The van der Waals surface area contributed by atoms with Crippen molar-refractivity contribution in [3.63, 3.8) is 0 Å². The van der Waals surface area contributed by atoms with Gasteiger partial charge in [0.2, 0.25) is 5.95 Å². The zero-order chi connectivity index (χ0) is 13.0. The summed E-state index contributed by atoms with van der Waals surface area (Å²) in [6.07, 6.45) is 5.78. The Balaban J connectivity index is 1.89. The highest BCUT2D eigenvalue weighted by atomic mass is 16.3. The fourth-order valence-corrected chi connectivity index (χ4v) is 2.33. The summed E-state index contributed by atoms with van der Waals surface area (Å²) >= 11 is 0. The normalized spacial score (nSPS) is 23.7. The number of rotatable bonds is 4. The molecule has 1 fully saturated rings. The molecule has 0 saturated heterocycles. The molecule has 0 bridgehead atoms. The molecule has 2 rings (SSSR count). The molecule has 5 nitrogen and oxygen atoms in total. The molecule has 0 radical (unpaired) electrons. The lowest BCUT2D eigenvalue weighted by Gasteiger charge is -2.25. The molecule has 0 atom stereocenters. The van der Waals surface area contributed by atoms with Crippen LogP contribution in [0.25, 0.3) is 0 Å². The van der Waals surface area contributed by atoms with Gasteiger partial charge in [0.1, 0.15) is 5.82 Å². The van der Waals surface area contributed by atoms with Crippen molar-refractivity contribution >= 4 is 11.8 Å². The van der Waals surface area contributed by atoms with Gasteiger partial charge in [-0.05, 0) is 38.5 Å². The lowest BCUT2D eigenvalue weighted by molar-refractivity contribution is 0.111. The number of aryl methyl sites for hydroxylation is 1. The Morgan fingerprint density at radius 1 is 1.33 bits per heavy atom. The smallest absolute Gasteiger partial charge is 0.224 e. The van der Waals surface area contributed by atoms with Gasteiger partial charge in [-0.3, -0.25) is 0 Å². The number of anilines is 2. The van der Waals surface area contributed by atoms with Crippen molar-refractivity contribution in [2.45, 2.75) is 38.7 Å². The average Bonchev–Trinajstić information content (AvgIpc) is 2.40. The predicted molar refractivity (Wildman–Crippen MR) is 72.8 cm³/mol. The second kappa shape index (κ2) is 6.00. The molecule has 3 N–H and O–H groups in total. The minimum atomic E-state index is -0.0852. The minimum absolute atomic E-state index is 0.0852. The van der Waals surface area contributed by atoms with E-state index in [4.69, 9.17) is 0 Å². The second-order valence-corrected chi connectivity index (χ2v) is 5.03. The first kappa shape index (κ1) is 13.1. The third-order valence-corrected chi connectivity index (χ3v) is 3.57. The van der Waals surface area contributed by atoms with Gasteiger partial charge in [-0.25, -0.2) is 4.98 Å². The molecular weight excluding hydrogens is 228 g/mol. The number of nitrogens with zero attached hydrogens (tertiary/aromatic N) is 2. The van der Waals surface area contributed by atoms with E-state index < -0.39 is 0 Å². The van der Waals surface area contributed by atoms with Gasteiger partial charge in [-0.2, -0.15) is 4.98 Å². The molecule has 0 amide bonds. The van der Waals surface area contributed by atoms with Crippen LogP contribution in [0.2, 0.25) is 0 Å². The molecule has 1 aromatic rings. The van der Waals surface area contributed by atoms with Gasteiger partial charge in [0.05, 0.1) is 6.10 Å². The number of nitrogens with one attached hydrogen (secondary N) is 2. The van der Waals surface area contributed by atoms with Crippen molar-refractivity contribution in [1.82, 2.24) is 9.97 Å². The maximum absolute atomic E-state index is 9.48. The molecule has 1 saturated carbocycles. The zero-order valence-electron chi connectivity index (χ0n) is 11.1. The van der Waals surface area contributed by atoms with Crippen LogP contribution >= 0.6 is 0 Å². The summed E-state index contributed by atoms with van der Waals surface area (Å²) in [5.41, 5.74) is 1.06. The lowest BCUT2D eigenvalue weighted by atomic mass is 9.87. The first-order chi connectivity index (χ1) is 8.69. The van der Waals surface area contributed by atoms with E-state index in [9.17, 15) is 5.11 Å². The summed E-state index contributed by atoms with van der Waals surface area (Å²) in [5, 5.41) is 15.8. The third-order valence-electron chi connectivity index (χ3n) is 3.57. The third kappa shape index (κ3) is 3.32. The highest BCUT2D eigenvalue weighted by molar-refractivity contribution is 5.46. The fourth-order valence-electron chi connectivity index (χ4n) is 2.33. The lowest BCUT2D eigenvalue weighted by Crippen LogP contribution is -2.24. The number of hydrogen-bond acceptors (Lipinski definition) is 5. The highest BCUT2D eigenvalue weighted by Crippen LogP contribution is 2.24. The molecule has 0 spiro atoms. The van der Waals surface area contributed by atoms with Crippen molar-refractivity contribution < 1.29 is 5.11 Å². The van der Waals surface area contributed by atoms with Crippen LogP contribution in [-0.2, 0) is 0 Å². The van der Waals surface area contributed by atoms with E-state index >= 15 is 0 Å². The van der Waals surface area contributed by atoms with Crippen molar-refractivity contribution in [2.75, 3.05) is 24.2 Å². The standard InChI is InChI=1S/C13H22N4O/c1-9-7-16-13(14-2)17-12(9)15-8-10-3-5-11(18)6-4-10/h7,10-11,18H,3-6,8H2,1-2H3,(H2,14,15,16,17). The molecule has 1 aliphatic carbocycles. The summed E-state index contributed by atoms with van der Waals surface area (Å²) in [4.78, 5) is 8.57. The second-order valence-electron chi connectivity index (χ2n) is 5.03. The summed E-state index contributed by atoms with van der Waals surface area (Å²) < 4.78 is 0. The Labute approximate surface area is 108 Å². The highest BCUT2D eigenvalue weighted by Gasteiger charge is 2.19. The molecule has 1 heterocycles. The van der Waals surface area contributed by atoms with Crippen LogP contribution < -0.4 is 10.6 Å². The number of aromatic nitrogens is 2. The first-order valence-electron chi connectivity index (χ1n) is 6.62. The van der Waals surface area contributed by atoms with E-state index in [-0.39, 0.29) is 6.10 Å². The molecular formula is C13H22N4O. The summed E-state index contributed by atoms with van der Waals surface area (Å²) in [5.74, 6) is 2.18. The zero-order valence-corrected chi connectivity index (χ0v) is 11.1. The predicted octanol–water partition coefficient (Wildman–Crippen LogP) is 1.79. The van der Waals surface area contributed by atoms with Gasteiger partial charge in [0.25, 0.3) is 0 Å². The van der Waals surface area contributed by atoms with E-state index in [2.05, 4.69) is 20.6 Å². The molecule has 5 heteroatoms. The number of aliphatic hydroxyl groups excluding tert-OH is 1. The molecule has 100 valence electrons. The molecule has 18 heavy (non-hydrogen) atoms. The van der Waals surface area contributed by atoms with Gasteiger partial charge < -0.3 is 15.7 Å². The van der Waals surface area contributed by atoms with Crippen LogP contribution in [0.15, 0.2) is 6.20 Å². The summed E-state index contributed by atoms with van der Waals surface area (Å²) in [6.45, 7) is 2.93. The number of aliphatic hydroxyl groups is 1. The Morgan fingerprint density at radius 3 is 2.72 bits per heavy atom. The topological polar surface area (TPSA) is 70.1 Å². The Kier molecular flexibility index (Phi) is 4.36. The summed E-state index contributed by atoms with van der Waals surface area (Å²) in [6, 6.07) is 0. The molecule has 1 aliphatic rings. The first-order valence-corrected chi connectivity index (χ1v) is 6.62. The van der Waals surface area contributed by atoms with E-state index in [0.717, 1.165) is 43.6 Å². The maximum Gasteiger partial charge on any atom is 0.224 e. The fraction of sp³-hybridized carbons (Fsp3) is 0.692. The van der Waals surface area contributed by atoms with Crippen LogP contribution in [0.5, 0.6) is 0 Å². The Hall–Kier alpha value is -1.36. The monoisotopic (exact) mass is 250 g/mol. The van der Waals surface area contributed by atoms with Crippen molar-refractivity contribution in [1.29, 1.82) is 0 Å². The van der Waals surface area contributed by atoms with Crippen molar-refractivity contribution in [3.8, 4) is 0 Å². The van der Waals surface area contributed by atoms with Crippen LogP contribution in [0.3, 0.4) is 0 Å². The van der Waals surface area contributed by atoms with Gasteiger partial charge in [0.15, 0.2) is 0 Å². The maximum atomic E-state index is 9.48. The largest absolute Gasteiger partial charge is 0.393 e. The number of hydrogen-bond donors (Lipinski definition) is 3. The van der Waals surface area contributed by atoms with Gasteiger partial charge in [-0.15, -0.1) is 0 Å². The Morgan fingerprint density at radius 2 is 2.06 bits per heavy atom. The van der Waals surface area contributed by atoms with E-state index in [0.29, 0.717) is 11.9 Å². The van der Waals surface area contributed by atoms with Gasteiger partial charge in [0, 0.05) is 25.4 Å². The van der Waals surface area contributed by atoms with Crippen LogP contribution in [-0.4, -0.2) is 34.8 Å². The van der Waals surface area contributed by atoms with Crippen LogP contribution in [0, 0.1) is 12.8 Å². The Bertz CT molecular complexity index is 389. The minimum Gasteiger partial charge on any atom is -0.393 e. The van der Waals surface area contributed by atoms with Crippen LogP contribution in [0.4, 0.5) is 11.8 Å².